The molecule has 7 nitrogen and oxygen atoms in total. The van der Waals surface area contributed by atoms with E-state index in [1.54, 1.807) is 22.7 Å². The largest absolute Gasteiger partial charge is 0.478 e. The van der Waals surface area contributed by atoms with Crippen LogP contribution in [0.2, 0.25) is 5.15 Å². The first kappa shape index (κ1) is 13.3. The Kier molecular flexibility index (Phi) is 3.66. The van der Waals surface area contributed by atoms with Gasteiger partial charge in [-0.05, 0) is 0 Å². The molecule has 0 spiro atoms. The van der Waals surface area contributed by atoms with Gasteiger partial charge in [-0.3, -0.25) is 0 Å². The SMILES string of the molecule is CN(Cc1ncc(Cl)n1C)c1ncc(C(=O)O)cn1. The van der Waals surface area contributed by atoms with Crippen molar-refractivity contribution in [3.8, 4) is 0 Å². The minimum atomic E-state index is -1.05. The fourth-order valence-corrected chi connectivity index (χ4v) is 1.63. The topological polar surface area (TPSA) is 84.1 Å². The second-order valence-corrected chi connectivity index (χ2v) is 4.38. The number of hydrogen-bond acceptors (Lipinski definition) is 5. The maximum atomic E-state index is 10.7. The molecule has 0 fully saturated rings. The summed E-state index contributed by atoms with van der Waals surface area (Å²) in [4.78, 5) is 24.6. The fourth-order valence-electron chi connectivity index (χ4n) is 1.48. The number of aromatic nitrogens is 4. The smallest absolute Gasteiger partial charge is 0.338 e. The molecule has 0 aliphatic heterocycles. The van der Waals surface area contributed by atoms with Gasteiger partial charge in [-0.15, -0.1) is 0 Å². The minimum absolute atomic E-state index is 0.0530. The van der Waals surface area contributed by atoms with E-state index in [4.69, 9.17) is 16.7 Å². The van der Waals surface area contributed by atoms with E-state index in [0.717, 1.165) is 5.82 Å². The molecule has 2 aromatic heterocycles. The van der Waals surface area contributed by atoms with Crippen molar-refractivity contribution in [3.05, 3.63) is 35.1 Å². The standard InChI is InChI=1S/C11H12ClN5O2/c1-16(6-9-13-5-8(12)17(9)2)11-14-3-7(4-15-11)10(18)19/h3-5H,6H2,1-2H3,(H,18,19). The summed E-state index contributed by atoms with van der Waals surface area (Å²) in [5, 5.41) is 9.31. The van der Waals surface area contributed by atoms with Gasteiger partial charge in [0, 0.05) is 26.5 Å². The summed E-state index contributed by atoms with van der Waals surface area (Å²) in [6.07, 6.45) is 4.11. The van der Waals surface area contributed by atoms with Crippen LogP contribution in [-0.4, -0.2) is 37.6 Å². The van der Waals surface area contributed by atoms with Gasteiger partial charge in [-0.25, -0.2) is 19.7 Å². The first-order chi connectivity index (χ1) is 8.99. The van der Waals surface area contributed by atoms with Crippen molar-refractivity contribution in [2.45, 2.75) is 6.54 Å². The number of anilines is 1. The van der Waals surface area contributed by atoms with E-state index in [1.165, 1.54) is 12.4 Å². The molecule has 0 amide bonds. The van der Waals surface area contributed by atoms with Crippen molar-refractivity contribution in [1.29, 1.82) is 0 Å². The van der Waals surface area contributed by atoms with Gasteiger partial charge in [-0.1, -0.05) is 11.6 Å². The third kappa shape index (κ3) is 2.82. The molecule has 0 aromatic carbocycles. The molecule has 19 heavy (non-hydrogen) atoms. The normalized spacial score (nSPS) is 10.5. The van der Waals surface area contributed by atoms with Gasteiger partial charge < -0.3 is 14.6 Å². The minimum Gasteiger partial charge on any atom is -0.478 e. The van der Waals surface area contributed by atoms with Crippen LogP contribution in [-0.2, 0) is 13.6 Å². The molecular weight excluding hydrogens is 270 g/mol. The number of imidazole rings is 1. The number of aromatic carboxylic acids is 1. The zero-order chi connectivity index (χ0) is 14.0. The molecule has 0 saturated heterocycles. The zero-order valence-corrected chi connectivity index (χ0v) is 11.2. The van der Waals surface area contributed by atoms with Gasteiger partial charge in [0.05, 0.1) is 18.3 Å². The lowest BCUT2D eigenvalue weighted by Crippen LogP contribution is -2.21. The molecule has 2 aromatic rings. The van der Waals surface area contributed by atoms with Crippen LogP contribution in [0.25, 0.3) is 0 Å². The summed E-state index contributed by atoms with van der Waals surface area (Å²) in [5.74, 6) is 0.132. The summed E-state index contributed by atoms with van der Waals surface area (Å²) < 4.78 is 1.75. The monoisotopic (exact) mass is 281 g/mol. The molecule has 0 atom stereocenters. The van der Waals surface area contributed by atoms with E-state index in [9.17, 15) is 4.79 Å². The van der Waals surface area contributed by atoms with Gasteiger partial charge >= 0.3 is 5.97 Å². The van der Waals surface area contributed by atoms with Crippen LogP contribution >= 0.6 is 11.6 Å². The Morgan fingerprint density at radius 1 is 1.37 bits per heavy atom. The molecule has 1 N–H and O–H groups in total. The molecule has 100 valence electrons. The number of nitrogens with zero attached hydrogens (tertiary/aromatic N) is 5. The first-order valence-electron chi connectivity index (χ1n) is 5.41. The number of halogens is 1. The number of carbonyl (C=O) groups is 1. The van der Waals surface area contributed by atoms with Crippen molar-refractivity contribution in [2.24, 2.45) is 7.05 Å². The molecule has 0 saturated carbocycles. The van der Waals surface area contributed by atoms with Crippen molar-refractivity contribution in [3.63, 3.8) is 0 Å². The highest BCUT2D eigenvalue weighted by atomic mass is 35.5. The Morgan fingerprint density at radius 2 is 2.00 bits per heavy atom. The molecule has 0 radical (unpaired) electrons. The Bertz CT molecular complexity index is 596. The molecule has 2 heterocycles. The molecule has 0 aliphatic rings. The van der Waals surface area contributed by atoms with Gasteiger partial charge in [0.1, 0.15) is 11.0 Å². The Balaban J connectivity index is 2.13. The molecular formula is C11H12ClN5O2. The lowest BCUT2D eigenvalue weighted by atomic mass is 10.3. The first-order valence-corrected chi connectivity index (χ1v) is 5.79. The second-order valence-electron chi connectivity index (χ2n) is 3.99. The quantitative estimate of drug-likeness (QED) is 0.906. The van der Waals surface area contributed by atoms with E-state index < -0.39 is 5.97 Å². The second kappa shape index (κ2) is 5.23. The Morgan fingerprint density at radius 3 is 2.47 bits per heavy atom. The van der Waals surface area contributed by atoms with Crippen molar-refractivity contribution >= 4 is 23.5 Å². The van der Waals surface area contributed by atoms with E-state index in [-0.39, 0.29) is 5.56 Å². The van der Waals surface area contributed by atoms with Crippen LogP contribution in [0.15, 0.2) is 18.6 Å². The lowest BCUT2D eigenvalue weighted by molar-refractivity contribution is 0.0696. The van der Waals surface area contributed by atoms with Gasteiger partial charge in [0.2, 0.25) is 5.95 Å². The molecule has 0 bridgehead atoms. The van der Waals surface area contributed by atoms with E-state index in [2.05, 4.69) is 15.0 Å². The summed E-state index contributed by atoms with van der Waals surface area (Å²) >= 11 is 5.90. The third-order valence-electron chi connectivity index (χ3n) is 2.63. The van der Waals surface area contributed by atoms with Crippen LogP contribution in [0.3, 0.4) is 0 Å². The Hall–Kier alpha value is -2.15. The van der Waals surface area contributed by atoms with E-state index >= 15 is 0 Å². The van der Waals surface area contributed by atoms with Crippen LogP contribution in [0, 0.1) is 0 Å². The highest BCUT2D eigenvalue weighted by Gasteiger charge is 2.11. The van der Waals surface area contributed by atoms with Crippen molar-refractivity contribution in [2.75, 3.05) is 11.9 Å². The summed E-state index contributed by atoms with van der Waals surface area (Å²) in [6.45, 7) is 0.468. The highest BCUT2D eigenvalue weighted by Crippen LogP contribution is 2.13. The zero-order valence-electron chi connectivity index (χ0n) is 10.4. The maximum absolute atomic E-state index is 10.7. The number of carboxylic acid groups (broad SMARTS) is 1. The van der Waals surface area contributed by atoms with Crippen LogP contribution < -0.4 is 4.90 Å². The number of rotatable bonds is 4. The predicted molar refractivity (Wildman–Crippen MR) is 69.3 cm³/mol. The van der Waals surface area contributed by atoms with E-state index in [1.807, 2.05) is 7.05 Å². The van der Waals surface area contributed by atoms with Crippen molar-refractivity contribution < 1.29 is 9.90 Å². The molecule has 0 unspecified atom stereocenters. The average molecular weight is 282 g/mol. The average Bonchev–Trinajstić information content (AvgIpc) is 2.71. The molecule has 2 rings (SSSR count). The van der Waals surface area contributed by atoms with Crippen LogP contribution in [0.4, 0.5) is 5.95 Å². The highest BCUT2D eigenvalue weighted by molar-refractivity contribution is 6.29. The number of hydrogen-bond donors (Lipinski definition) is 1. The summed E-state index contributed by atoms with van der Waals surface area (Å²) in [7, 11) is 3.60. The Labute approximate surface area is 114 Å². The lowest BCUT2D eigenvalue weighted by Gasteiger charge is -2.16. The summed E-state index contributed by atoms with van der Waals surface area (Å²) in [6, 6.07) is 0. The van der Waals surface area contributed by atoms with Crippen LogP contribution in [0.5, 0.6) is 0 Å². The van der Waals surface area contributed by atoms with E-state index in [0.29, 0.717) is 17.6 Å². The fraction of sp³-hybridized carbons (Fsp3) is 0.273. The number of carboxylic acids is 1. The predicted octanol–water partition coefficient (Wildman–Crippen LogP) is 1.20. The van der Waals surface area contributed by atoms with Gasteiger partial charge in [0.15, 0.2) is 0 Å². The van der Waals surface area contributed by atoms with Crippen LogP contribution in [0.1, 0.15) is 16.2 Å². The van der Waals surface area contributed by atoms with Crippen molar-refractivity contribution in [1.82, 2.24) is 19.5 Å². The maximum Gasteiger partial charge on any atom is 0.338 e. The third-order valence-corrected chi connectivity index (χ3v) is 2.98. The molecule has 8 heteroatoms. The van der Waals surface area contributed by atoms with Gasteiger partial charge in [0.25, 0.3) is 0 Å². The van der Waals surface area contributed by atoms with Gasteiger partial charge in [-0.2, -0.15) is 0 Å². The summed E-state index contributed by atoms with van der Waals surface area (Å²) in [5.41, 5.74) is 0.0530. The molecule has 0 aliphatic carbocycles.